The molecule has 1 fully saturated rings. The minimum Gasteiger partial charge on any atom is -0.334 e. The van der Waals surface area contributed by atoms with Gasteiger partial charge in [-0.1, -0.05) is 5.16 Å². The van der Waals surface area contributed by atoms with Crippen LogP contribution in [0.3, 0.4) is 0 Å². The molecule has 1 aliphatic rings. The normalized spacial score (nSPS) is 15.5. The second-order valence-electron chi connectivity index (χ2n) is 6.44. The Morgan fingerprint density at radius 2 is 2.00 bits per heavy atom. The summed E-state index contributed by atoms with van der Waals surface area (Å²) in [5, 5.41) is 8.27. The summed E-state index contributed by atoms with van der Waals surface area (Å²) in [4.78, 5) is 4.35. The summed E-state index contributed by atoms with van der Waals surface area (Å²) in [5.41, 5.74) is 8.32. The highest BCUT2D eigenvalue weighted by atomic mass is 35.5. The highest BCUT2D eigenvalue weighted by molar-refractivity contribution is 5.85. The van der Waals surface area contributed by atoms with E-state index in [0.29, 0.717) is 17.1 Å². The molecule has 0 unspecified atom stereocenters. The van der Waals surface area contributed by atoms with Crippen molar-refractivity contribution in [3.8, 4) is 17.1 Å². The predicted molar refractivity (Wildman–Crippen MR) is 93.3 cm³/mol. The average molecular weight is 364 g/mol. The van der Waals surface area contributed by atoms with Crippen LogP contribution in [-0.4, -0.2) is 19.9 Å². The van der Waals surface area contributed by atoms with Gasteiger partial charge in [-0.3, -0.25) is 0 Å². The molecule has 0 atom stereocenters. The zero-order valence-electron chi connectivity index (χ0n) is 14.0. The Kier molecular flexibility index (Phi) is 4.38. The van der Waals surface area contributed by atoms with Gasteiger partial charge in [-0.05, 0) is 57.4 Å². The van der Waals surface area contributed by atoms with Crippen molar-refractivity contribution in [1.82, 2.24) is 19.9 Å². The van der Waals surface area contributed by atoms with Crippen LogP contribution < -0.4 is 5.73 Å². The van der Waals surface area contributed by atoms with E-state index in [1.54, 1.807) is 16.8 Å². The van der Waals surface area contributed by atoms with Crippen LogP contribution in [0.25, 0.3) is 17.1 Å². The number of nitrogens with two attached hydrogens (primary N) is 1. The van der Waals surface area contributed by atoms with Crippen LogP contribution in [0.4, 0.5) is 4.39 Å². The Labute approximate surface area is 150 Å². The Morgan fingerprint density at radius 3 is 2.56 bits per heavy atom. The molecule has 8 heteroatoms. The maximum atomic E-state index is 14.6. The van der Waals surface area contributed by atoms with E-state index in [2.05, 4.69) is 15.2 Å². The van der Waals surface area contributed by atoms with Crippen LogP contribution in [0.15, 0.2) is 28.8 Å². The van der Waals surface area contributed by atoms with Crippen LogP contribution in [-0.2, 0) is 5.54 Å². The van der Waals surface area contributed by atoms with E-state index in [9.17, 15) is 4.39 Å². The van der Waals surface area contributed by atoms with Crippen molar-refractivity contribution in [3.63, 3.8) is 0 Å². The summed E-state index contributed by atoms with van der Waals surface area (Å²) >= 11 is 0. The number of aryl methyl sites for hydroxylation is 2. The third-order valence-corrected chi connectivity index (χ3v) is 4.55. The molecule has 0 amide bonds. The molecule has 0 spiro atoms. The van der Waals surface area contributed by atoms with Crippen LogP contribution in [0.2, 0.25) is 0 Å². The molecular formula is C17H19ClFN5O. The van der Waals surface area contributed by atoms with Crippen LogP contribution in [0, 0.1) is 19.7 Å². The van der Waals surface area contributed by atoms with Gasteiger partial charge in [0.1, 0.15) is 11.5 Å². The van der Waals surface area contributed by atoms with E-state index < -0.39 is 11.4 Å². The fourth-order valence-corrected chi connectivity index (χ4v) is 3.01. The van der Waals surface area contributed by atoms with Gasteiger partial charge < -0.3 is 10.3 Å². The predicted octanol–water partition coefficient (Wildman–Crippen LogP) is 3.44. The molecule has 2 aromatic heterocycles. The third-order valence-electron chi connectivity index (χ3n) is 4.55. The van der Waals surface area contributed by atoms with Gasteiger partial charge >= 0.3 is 0 Å². The number of hydrogen-bond acceptors (Lipinski definition) is 5. The molecule has 2 N–H and O–H groups in total. The quantitative estimate of drug-likeness (QED) is 0.770. The molecule has 3 aromatic rings. The summed E-state index contributed by atoms with van der Waals surface area (Å²) in [5.74, 6) is 0.372. The second-order valence-corrected chi connectivity index (χ2v) is 6.44. The average Bonchev–Trinajstić information content (AvgIpc) is 3.12. The number of halogens is 2. The largest absolute Gasteiger partial charge is 0.334 e. The molecule has 0 radical (unpaired) electrons. The molecule has 0 aliphatic heterocycles. The van der Waals surface area contributed by atoms with Crippen molar-refractivity contribution in [1.29, 1.82) is 0 Å². The summed E-state index contributed by atoms with van der Waals surface area (Å²) in [7, 11) is 0. The van der Waals surface area contributed by atoms with E-state index in [1.165, 1.54) is 6.07 Å². The van der Waals surface area contributed by atoms with E-state index in [-0.39, 0.29) is 18.3 Å². The van der Waals surface area contributed by atoms with Gasteiger partial charge in [0, 0.05) is 11.3 Å². The van der Waals surface area contributed by atoms with Crippen LogP contribution >= 0.6 is 12.4 Å². The number of nitrogens with zero attached hydrogens (tertiary/aromatic N) is 4. The molecule has 0 saturated heterocycles. The lowest BCUT2D eigenvalue weighted by atomic mass is 9.77. The van der Waals surface area contributed by atoms with Gasteiger partial charge in [0.25, 0.3) is 5.89 Å². The molecule has 4 rings (SSSR count). The fraction of sp³-hybridized carbons (Fsp3) is 0.353. The number of hydrogen-bond donors (Lipinski definition) is 1. The maximum absolute atomic E-state index is 14.6. The molecular weight excluding hydrogens is 345 g/mol. The smallest absolute Gasteiger partial charge is 0.258 e. The highest BCUT2D eigenvalue weighted by Crippen LogP contribution is 2.37. The number of aromatic nitrogens is 4. The Hall–Kier alpha value is -2.25. The number of rotatable bonds is 3. The first-order chi connectivity index (χ1) is 11.5. The summed E-state index contributed by atoms with van der Waals surface area (Å²) in [6.07, 6.45) is 2.75. The lowest BCUT2D eigenvalue weighted by Crippen LogP contribution is -2.44. The summed E-state index contributed by atoms with van der Waals surface area (Å²) in [6.45, 7) is 3.76. The second kappa shape index (κ2) is 6.24. The topological polar surface area (TPSA) is 82.8 Å². The van der Waals surface area contributed by atoms with Crippen LogP contribution in [0.5, 0.6) is 0 Å². The van der Waals surface area contributed by atoms with E-state index in [4.69, 9.17) is 10.3 Å². The van der Waals surface area contributed by atoms with E-state index in [0.717, 1.165) is 30.7 Å². The zero-order valence-corrected chi connectivity index (χ0v) is 14.8. The van der Waals surface area contributed by atoms with Crippen molar-refractivity contribution >= 4 is 12.4 Å². The van der Waals surface area contributed by atoms with Crippen molar-refractivity contribution in [2.45, 2.75) is 38.6 Å². The van der Waals surface area contributed by atoms with Crippen molar-refractivity contribution in [2.75, 3.05) is 0 Å². The molecule has 1 saturated carbocycles. The summed E-state index contributed by atoms with van der Waals surface area (Å²) in [6, 6.07) is 6.69. The van der Waals surface area contributed by atoms with Crippen molar-refractivity contribution in [2.24, 2.45) is 5.73 Å². The molecule has 6 nitrogen and oxygen atoms in total. The van der Waals surface area contributed by atoms with Crippen molar-refractivity contribution in [3.05, 3.63) is 47.3 Å². The first-order valence-electron chi connectivity index (χ1n) is 7.93. The monoisotopic (exact) mass is 363 g/mol. The Morgan fingerprint density at radius 1 is 1.24 bits per heavy atom. The number of benzene rings is 1. The SMILES string of the molecule is Cc1cc(C)n(-c2ccc(-c3nc(C4(N)CCC4)no3)cc2F)n1.Cl. The zero-order chi connectivity index (χ0) is 16.9. The summed E-state index contributed by atoms with van der Waals surface area (Å²) < 4.78 is 21.4. The Balaban J connectivity index is 0.00000182. The molecule has 1 aromatic carbocycles. The first kappa shape index (κ1) is 17.6. The molecule has 132 valence electrons. The fourth-order valence-electron chi connectivity index (χ4n) is 3.01. The minimum absolute atomic E-state index is 0. The van der Waals surface area contributed by atoms with Crippen molar-refractivity contribution < 1.29 is 8.91 Å². The van der Waals surface area contributed by atoms with Gasteiger partial charge in [0.15, 0.2) is 5.82 Å². The van der Waals surface area contributed by atoms with E-state index >= 15 is 0 Å². The van der Waals surface area contributed by atoms with Gasteiger partial charge in [-0.15, -0.1) is 12.4 Å². The lowest BCUT2D eigenvalue weighted by Gasteiger charge is -2.34. The highest BCUT2D eigenvalue weighted by Gasteiger charge is 2.39. The molecule has 2 heterocycles. The first-order valence-corrected chi connectivity index (χ1v) is 7.93. The van der Waals surface area contributed by atoms with Gasteiger partial charge in [0.2, 0.25) is 0 Å². The maximum Gasteiger partial charge on any atom is 0.258 e. The van der Waals surface area contributed by atoms with Gasteiger partial charge in [-0.25, -0.2) is 9.07 Å². The lowest BCUT2D eigenvalue weighted by molar-refractivity contribution is 0.229. The minimum atomic E-state index is -0.496. The standard InChI is InChI=1S/C17H18FN5O.ClH/c1-10-8-11(2)23(21-10)14-5-4-12(9-13(14)18)15-20-16(22-24-15)17(19)6-3-7-17;/h4-5,8-9H,3,6-7,19H2,1-2H3;1H. The molecule has 25 heavy (non-hydrogen) atoms. The van der Waals surface area contributed by atoms with E-state index in [1.807, 2.05) is 19.9 Å². The Bertz CT molecular complexity index is 916. The van der Waals surface area contributed by atoms with Gasteiger partial charge in [0.05, 0.1) is 11.2 Å². The molecule has 1 aliphatic carbocycles. The molecule has 0 bridgehead atoms. The third kappa shape index (κ3) is 2.94. The van der Waals surface area contributed by atoms with Crippen LogP contribution in [0.1, 0.15) is 36.5 Å². The van der Waals surface area contributed by atoms with Gasteiger partial charge in [-0.2, -0.15) is 10.1 Å².